The predicted octanol–water partition coefficient (Wildman–Crippen LogP) is 4.57. The summed E-state index contributed by atoms with van der Waals surface area (Å²) in [4.78, 5) is 34.1. The molecule has 0 unspecified atom stereocenters. The van der Waals surface area contributed by atoms with Crippen LogP contribution in [0.25, 0.3) is 0 Å². The Hall–Kier alpha value is -4.07. The number of ether oxygens (including phenoxy) is 2. The number of nitro groups is 1. The molecule has 0 heterocycles. The minimum atomic E-state index is -0.922. The Labute approximate surface area is 164 Å². The summed E-state index contributed by atoms with van der Waals surface area (Å²) in [6.07, 6.45) is 0. The fraction of sp³-hybridized carbons (Fsp3) is 0.0476. The summed E-state index contributed by atoms with van der Waals surface area (Å²) in [5, 5.41) is 10.6. The van der Waals surface area contributed by atoms with Crippen molar-refractivity contribution in [3.63, 3.8) is 0 Å². The van der Waals surface area contributed by atoms with E-state index in [0.29, 0.717) is 11.5 Å². The lowest BCUT2D eigenvalue weighted by Crippen LogP contribution is -2.15. The zero-order chi connectivity index (χ0) is 20.8. The Morgan fingerprint density at radius 3 is 2.07 bits per heavy atom. The van der Waals surface area contributed by atoms with Gasteiger partial charge >= 0.3 is 5.97 Å². The number of rotatable bonds is 7. The second-order valence-electron chi connectivity index (χ2n) is 5.86. The lowest BCUT2D eigenvalue weighted by molar-refractivity contribution is -0.384. The minimum Gasteiger partial charge on any atom is -0.457 e. The molecule has 0 aliphatic rings. The maximum Gasteiger partial charge on any atom is 0.341 e. The molecule has 146 valence electrons. The maximum atomic E-state index is 13.5. The molecule has 3 aromatic carbocycles. The molecule has 0 fully saturated rings. The lowest BCUT2D eigenvalue weighted by Gasteiger charge is -2.07. The van der Waals surface area contributed by atoms with Crippen molar-refractivity contribution in [1.29, 1.82) is 0 Å². The summed E-state index contributed by atoms with van der Waals surface area (Å²) in [5.41, 5.74) is -0.0160. The van der Waals surface area contributed by atoms with Gasteiger partial charge in [-0.05, 0) is 48.5 Å². The van der Waals surface area contributed by atoms with E-state index in [2.05, 4.69) is 0 Å². The van der Waals surface area contributed by atoms with Crippen LogP contribution in [0, 0.1) is 15.9 Å². The van der Waals surface area contributed by atoms with Gasteiger partial charge in [0.2, 0.25) is 0 Å². The van der Waals surface area contributed by atoms with Gasteiger partial charge in [0.05, 0.1) is 10.5 Å². The van der Waals surface area contributed by atoms with Gasteiger partial charge in [-0.1, -0.05) is 12.1 Å². The third-order valence-electron chi connectivity index (χ3n) is 3.89. The molecule has 0 atom stereocenters. The highest BCUT2D eigenvalue weighted by atomic mass is 19.1. The van der Waals surface area contributed by atoms with E-state index < -0.39 is 29.1 Å². The molecule has 29 heavy (non-hydrogen) atoms. The zero-order valence-corrected chi connectivity index (χ0v) is 14.9. The van der Waals surface area contributed by atoms with Crippen LogP contribution >= 0.6 is 0 Å². The molecule has 0 N–H and O–H groups in total. The molecular weight excluding hydrogens is 381 g/mol. The molecule has 0 radical (unpaired) electrons. The Balaban J connectivity index is 1.58. The van der Waals surface area contributed by atoms with E-state index in [1.807, 2.05) is 0 Å². The molecular formula is C21H14FNO6. The molecule has 3 aromatic rings. The summed E-state index contributed by atoms with van der Waals surface area (Å²) in [6, 6.07) is 16.9. The number of nitrogens with zero attached hydrogens (tertiary/aromatic N) is 1. The zero-order valence-electron chi connectivity index (χ0n) is 14.9. The van der Waals surface area contributed by atoms with Crippen molar-refractivity contribution in [2.45, 2.75) is 0 Å². The molecule has 3 rings (SSSR count). The number of hydrogen-bond acceptors (Lipinski definition) is 6. The number of halogens is 1. The van der Waals surface area contributed by atoms with Crippen LogP contribution in [0.15, 0.2) is 72.8 Å². The number of benzene rings is 3. The molecule has 7 nitrogen and oxygen atoms in total. The van der Waals surface area contributed by atoms with Crippen molar-refractivity contribution >= 4 is 17.4 Å². The molecule has 0 bridgehead atoms. The van der Waals surface area contributed by atoms with Crippen molar-refractivity contribution in [1.82, 2.24) is 0 Å². The fourth-order valence-electron chi connectivity index (χ4n) is 2.40. The first-order valence-electron chi connectivity index (χ1n) is 8.41. The number of carbonyl (C=O) groups is 2. The second kappa shape index (κ2) is 8.75. The van der Waals surface area contributed by atoms with Crippen LogP contribution in [0.2, 0.25) is 0 Å². The van der Waals surface area contributed by atoms with Gasteiger partial charge < -0.3 is 9.47 Å². The van der Waals surface area contributed by atoms with Crippen LogP contribution in [-0.2, 0) is 4.74 Å². The van der Waals surface area contributed by atoms with Crippen LogP contribution in [0.5, 0.6) is 11.5 Å². The molecule has 0 saturated carbocycles. The lowest BCUT2D eigenvalue weighted by atomic mass is 10.1. The largest absolute Gasteiger partial charge is 0.457 e. The number of carbonyl (C=O) groups excluding carboxylic acids is 2. The first-order valence-corrected chi connectivity index (χ1v) is 8.41. The smallest absolute Gasteiger partial charge is 0.341 e. The van der Waals surface area contributed by atoms with Gasteiger partial charge in [-0.3, -0.25) is 14.9 Å². The first-order chi connectivity index (χ1) is 13.9. The monoisotopic (exact) mass is 395 g/mol. The first kappa shape index (κ1) is 19.7. The van der Waals surface area contributed by atoms with Crippen molar-refractivity contribution in [2.75, 3.05) is 6.61 Å². The Morgan fingerprint density at radius 2 is 1.48 bits per heavy atom. The van der Waals surface area contributed by atoms with Crippen LogP contribution in [0.4, 0.5) is 10.1 Å². The van der Waals surface area contributed by atoms with E-state index in [-0.39, 0.29) is 16.8 Å². The van der Waals surface area contributed by atoms with Gasteiger partial charge in [0.1, 0.15) is 17.3 Å². The second-order valence-corrected chi connectivity index (χ2v) is 5.86. The number of nitro benzene ring substituents is 1. The summed E-state index contributed by atoms with van der Waals surface area (Å²) in [5.74, 6) is -1.30. The van der Waals surface area contributed by atoms with Gasteiger partial charge in [0.25, 0.3) is 5.69 Å². The number of hydrogen-bond donors (Lipinski definition) is 0. The quantitative estimate of drug-likeness (QED) is 0.252. The molecule has 0 spiro atoms. The average molecular weight is 395 g/mol. The third-order valence-corrected chi connectivity index (χ3v) is 3.89. The van der Waals surface area contributed by atoms with E-state index >= 15 is 0 Å². The topological polar surface area (TPSA) is 95.7 Å². The van der Waals surface area contributed by atoms with Crippen molar-refractivity contribution < 1.29 is 28.4 Å². The highest BCUT2D eigenvalue weighted by Crippen LogP contribution is 2.24. The molecule has 0 amide bonds. The summed E-state index contributed by atoms with van der Waals surface area (Å²) in [6.45, 7) is -0.532. The summed E-state index contributed by atoms with van der Waals surface area (Å²) in [7, 11) is 0. The van der Waals surface area contributed by atoms with Gasteiger partial charge in [0, 0.05) is 17.7 Å². The van der Waals surface area contributed by atoms with Crippen LogP contribution in [-0.4, -0.2) is 23.3 Å². The third kappa shape index (κ3) is 5.01. The minimum absolute atomic E-state index is 0.0526. The van der Waals surface area contributed by atoms with Crippen LogP contribution < -0.4 is 4.74 Å². The predicted molar refractivity (Wildman–Crippen MR) is 101 cm³/mol. The Bertz CT molecular complexity index is 1050. The van der Waals surface area contributed by atoms with Crippen molar-refractivity contribution in [3.05, 3.63) is 99.9 Å². The standard InChI is InChI=1S/C21H14FNO6/c22-19-4-2-1-3-18(19)21(25)28-13-20(24)14-5-9-16(10-6-14)29-17-11-7-15(8-12-17)23(26)27/h1-12H,13H2. The molecule has 0 aromatic heterocycles. The summed E-state index contributed by atoms with van der Waals surface area (Å²) < 4.78 is 24.0. The van der Waals surface area contributed by atoms with Crippen molar-refractivity contribution in [3.8, 4) is 11.5 Å². The molecule has 0 aliphatic heterocycles. The molecule has 8 heteroatoms. The van der Waals surface area contributed by atoms with E-state index in [1.165, 1.54) is 66.7 Å². The van der Waals surface area contributed by atoms with Gasteiger partial charge in [-0.2, -0.15) is 0 Å². The van der Waals surface area contributed by atoms with E-state index in [9.17, 15) is 24.1 Å². The highest BCUT2D eigenvalue weighted by molar-refractivity contribution is 5.99. The van der Waals surface area contributed by atoms with Gasteiger partial charge in [-0.25, -0.2) is 9.18 Å². The number of Topliss-reactive ketones (excluding diaryl/α,β-unsaturated/α-hetero) is 1. The highest BCUT2D eigenvalue weighted by Gasteiger charge is 2.15. The maximum absolute atomic E-state index is 13.5. The van der Waals surface area contributed by atoms with Crippen LogP contribution in [0.1, 0.15) is 20.7 Å². The van der Waals surface area contributed by atoms with Crippen molar-refractivity contribution in [2.24, 2.45) is 0 Å². The fourth-order valence-corrected chi connectivity index (χ4v) is 2.40. The van der Waals surface area contributed by atoms with Crippen LogP contribution in [0.3, 0.4) is 0 Å². The van der Waals surface area contributed by atoms with E-state index in [1.54, 1.807) is 0 Å². The van der Waals surface area contributed by atoms with Gasteiger partial charge in [-0.15, -0.1) is 0 Å². The average Bonchev–Trinajstić information content (AvgIpc) is 2.73. The Morgan fingerprint density at radius 1 is 0.897 bits per heavy atom. The van der Waals surface area contributed by atoms with Gasteiger partial charge in [0.15, 0.2) is 12.4 Å². The number of ketones is 1. The van der Waals surface area contributed by atoms with E-state index in [4.69, 9.17) is 9.47 Å². The SMILES string of the molecule is O=C(COC(=O)c1ccccc1F)c1ccc(Oc2ccc([N+](=O)[O-])cc2)cc1. The Kier molecular flexibility index (Phi) is 5.94. The molecule has 0 saturated heterocycles. The number of esters is 1. The van der Waals surface area contributed by atoms with E-state index in [0.717, 1.165) is 6.07 Å². The normalized spacial score (nSPS) is 10.2. The number of non-ortho nitro benzene ring substituents is 1. The molecule has 0 aliphatic carbocycles. The summed E-state index contributed by atoms with van der Waals surface area (Å²) >= 11 is 0.